The molecule has 1 aliphatic heterocycles. The number of nitrogens with zero attached hydrogens (tertiary/aromatic N) is 1. The molecular weight excluding hydrogens is 416 g/mol. The summed E-state index contributed by atoms with van der Waals surface area (Å²) in [4.78, 5) is 18.5. The lowest BCUT2D eigenvalue weighted by atomic mass is 9.42. The zero-order chi connectivity index (χ0) is 21.1. The molecule has 0 spiro atoms. The highest BCUT2D eigenvalue weighted by Crippen LogP contribution is 2.66. The molecule has 5 rings (SSSR count). The molecule has 7 heteroatoms. The Balaban J connectivity index is 0.00000231. The Kier molecular flexibility index (Phi) is 6.50. The molecule has 0 amide bonds. The quantitative estimate of drug-likeness (QED) is 0.570. The Labute approximate surface area is 192 Å². The first-order valence-electron chi connectivity index (χ1n) is 12.1. The van der Waals surface area contributed by atoms with E-state index in [9.17, 15) is 15.0 Å². The fourth-order valence-electron chi connectivity index (χ4n) is 8.21. The lowest BCUT2D eigenvalue weighted by Gasteiger charge is -2.63. The van der Waals surface area contributed by atoms with Gasteiger partial charge >= 0.3 is 0 Å². The number of carbonyl (C=O) groups is 1. The second-order valence-electron chi connectivity index (χ2n) is 11.2. The number of hydrogen-bond acceptors (Lipinski definition) is 6. The average molecular weight is 455 g/mol. The number of ketones is 1. The molecule has 4 aliphatic carbocycles. The largest absolute Gasteiger partial charge is 0.396 e. The van der Waals surface area contributed by atoms with Crippen molar-refractivity contribution in [2.45, 2.75) is 77.4 Å². The summed E-state index contributed by atoms with van der Waals surface area (Å²) >= 11 is 0. The van der Waals surface area contributed by atoms with Crippen LogP contribution in [0.5, 0.6) is 0 Å². The summed E-state index contributed by atoms with van der Waals surface area (Å²) in [7, 11) is 0. The predicted molar refractivity (Wildman–Crippen MR) is 121 cm³/mol. The van der Waals surface area contributed by atoms with E-state index in [0.29, 0.717) is 18.1 Å². The molecule has 0 aromatic carbocycles. The van der Waals surface area contributed by atoms with Gasteiger partial charge in [-0.15, -0.1) is 12.4 Å². The molecule has 9 atom stereocenters. The topological polar surface area (TPSA) is 91.2 Å². The minimum Gasteiger partial charge on any atom is -0.396 e. The first kappa shape index (κ1) is 23.5. The number of hydrogen-bond donors (Lipinski definition) is 3. The number of oxime groups is 1. The van der Waals surface area contributed by atoms with E-state index in [0.717, 1.165) is 63.7 Å². The second kappa shape index (κ2) is 8.58. The monoisotopic (exact) mass is 454 g/mol. The van der Waals surface area contributed by atoms with Gasteiger partial charge in [-0.3, -0.25) is 4.79 Å². The number of rotatable bonds is 3. The Morgan fingerprint density at radius 1 is 1.13 bits per heavy atom. The van der Waals surface area contributed by atoms with Gasteiger partial charge in [0.15, 0.2) is 0 Å². The maximum atomic E-state index is 12.7. The normalized spacial score (nSPS) is 50.4. The summed E-state index contributed by atoms with van der Waals surface area (Å²) in [5.41, 5.74) is 0.902. The van der Waals surface area contributed by atoms with Crippen LogP contribution in [0, 0.1) is 40.4 Å². The number of halogens is 1. The number of fused-ring (bicyclic) bond motifs is 5. The van der Waals surface area contributed by atoms with E-state index < -0.39 is 6.10 Å². The molecule has 1 heterocycles. The van der Waals surface area contributed by atoms with Gasteiger partial charge in [0, 0.05) is 37.3 Å². The lowest BCUT2D eigenvalue weighted by molar-refractivity contribution is -0.188. The van der Waals surface area contributed by atoms with Gasteiger partial charge in [-0.1, -0.05) is 19.0 Å². The minimum absolute atomic E-state index is 0. The van der Waals surface area contributed by atoms with E-state index in [1.165, 1.54) is 0 Å². The summed E-state index contributed by atoms with van der Waals surface area (Å²) in [5.74, 6) is 1.28. The molecule has 6 nitrogen and oxygen atoms in total. The highest BCUT2D eigenvalue weighted by atomic mass is 35.5. The standard InChI is InChI=1S/C24H38N2O4.ClH/c1-23-8-5-14(26-30-15-7-10-25-12-15)11-19(23)16(13-27)22(29)21-17-3-4-20(28)24(17,2)9-6-18(21)23;/h15-19,21-22,25,27,29H,3-13H2,1-2H3;1H/b26-14+;/t15-,16-,17+,18+,19?,21+,22-,23-,24+;/m1./s1. The molecule has 0 bridgehead atoms. The number of aliphatic hydroxyl groups is 2. The van der Waals surface area contributed by atoms with Crippen molar-refractivity contribution in [2.24, 2.45) is 45.6 Å². The van der Waals surface area contributed by atoms with Crippen molar-refractivity contribution >= 4 is 23.9 Å². The van der Waals surface area contributed by atoms with Gasteiger partial charge in [-0.2, -0.15) is 0 Å². The number of carbonyl (C=O) groups excluding carboxylic acids is 1. The third-order valence-electron chi connectivity index (χ3n) is 10.1. The van der Waals surface area contributed by atoms with E-state index in [-0.39, 0.29) is 59.6 Å². The SMILES string of the molecule is C[C@]12CC/C(=N\O[C@@H]3CCNC3)CC1[C@@H](CO)[C@@H](O)[C@@H]1[C@@H]2CC[C@]2(C)C(=O)CC[C@@H]12.Cl. The van der Waals surface area contributed by atoms with E-state index in [1.54, 1.807) is 0 Å². The smallest absolute Gasteiger partial charge is 0.141 e. The van der Waals surface area contributed by atoms with Crippen LogP contribution in [-0.2, 0) is 9.63 Å². The van der Waals surface area contributed by atoms with Crippen LogP contribution in [0.3, 0.4) is 0 Å². The molecule has 1 saturated heterocycles. The number of nitrogens with one attached hydrogen (secondary N) is 1. The Morgan fingerprint density at radius 3 is 2.65 bits per heavy atom. The van der Waals surface area contributed by atoms with Crippen LogP contribution in [0.1, 0.15) is 65.2 Å². The fourth-order valence-corrected chi connectivity index (χ4v) is 8.21. The molecular formula is C24H39ClN2O4. The zero-order valence-corrected chi connectivity index (χ0v) is 19.7. The Morgan fingerprint density at radius 2 is 1.94 bits per heavy atom. The van der Waals surface area contributed by atoms with E-state index >= 15 is 0 Å². The van der Waals surface area contributed by atoms with Crippen LogP contribution < -0.4 is 5.32 Å². The highest BCUT2D eigenvalue weighted by Gasteiger charge is 2.64. The number of aliphatic hydroxyl groups excluding tert-OH is 2. The second-order valence-corrected chi connectivity index (χ2v) is 11.2. The zero-order valence-electron chi connectivity index (χ0n) is 18.9. The van der Waals surface area contributed by atoms with Gasteiger partial charge in [0.05, 0.1) is 11.8 Å². The third-order valence-corrected chi connectivity index (χ3v) is 10.1. The molecule has 5 aliphatic rings. The molecule has 0 radical (unpaired) electrons. The summed E-state index contributed by atoms with van der Waals surface area (Å²) in [5, 5.41) is 29.7. The summed E-state index contributed by atoms with van der Waals surface area (Å²) in [6, 6.07) is 0. The maximum absolute atomic E-state index is 12.7. The van der Waals surface area contributed by atoms with Crippen LogP contribution in [0.15, 0.2) is 5.16 Å². The van der Waals surface area contributed by atoms with Crippen molar-refractivity contribution in [3.8, 4) is 0 Å². The molecule has 0 aromatic rings. The van der Waals surface area contributed by atoms with Crippen molar-refractivity contribution in [3.63, 3.8) is 0 Å². The predicted octanol–water partition coefficient (Wildman–Crippen LogP) is 2.94. The first-order valence-corrected chi connectivity index (χ1v) is 12.1. The van der Waals surface area contributed by atoms with Crippen LogP contribution >= 0.6 is 12.4 Å². The van der Waals surface area contributed by atoms with Gasteiger partial charge < -0.3 is 20.4 Å². The van der Waals surface area contributed by atoms with E-state index in [2.05, 4.69) is 24.3 Å². The lowest BCUT2D eigenvalue weighted by Crippen LogP contribution is -2.62. The fraction of sp³-hybridized carbons (Fsp3) is 0.917. The first-order chi connectivity index (χ1) is 14.4. The van der Waals surface area contributed by atoms with E-state index in [4.69, 9.17) is 4.84 Å². The number of Topliss-reactive ketones (excluding diaryl/α,β-unsaturated/α-hetero) is 1. The Bertz CT molecular complexity index is 726. The van der Waals surface area contributed by atoms with Crippen LogP contribution in [0.2, 0.25) is 0 Å². The highest BCUT2D eigenvalue weighted by molar-refractivity contribution is 5.87. The summed E-state index contributed by atoms with van der Waals surface area (Å²) < 4.78 is 0. The van der Waals surface area contributed by atoms with Crippen molar-refractivity contribution in [1.29, 1.82) is 0 Å². The summed E-state index contributed by atoms with van der Waals surface area (Å²) in [6.45, 7) is 6.38. The molecule has 0 aromatic heterocycles. The maximum Gasteiger partial charge on any atom is 0.141 e. The van der Waals surface area contributed by atoms with Gasteiger partial charge in [-0.05, 0) is 74.2 Å². The average Bonchev–Trinajstić information content (AvgIpc) is 3.36. The van der Waals surface area contributed by atoms with Crippen molar-refractivity contribution in [2.75, 3.05) is 19.7 Å². The van der Waals surface area contributed by atoms with Crippen LogP contribution in [-0.4, -0.2) is 53.6 Å². The molecule has 31 heavy (non-hydrogen) atoms. The molecule has 5 fully saturated rings. The van der Waals surface area contributed by atoms with Crippen LogP contribution in [0.4, 0.5) is 0 Å². The van der Waals surface area contributed by atoms with Crippen molar-refractivity contribution < 1.29 is 19.8 Å². The van der Waals surface area contributed by atoms with Crippen molar-refractivity contribution in [3.05, 3.63) is 0 Å². The molecule has 176 valence electrons. The van der Waals surface area contributed by atoms with Crippen molar-refractivity contribution in [1.82, 2.24) is 5.32 Å². The molecule has 3 N–H and O–H groups in total. The molecule has 1 unspecified atom stereocenters. The Hall–Kier alpha value is -0.690. The van der Waals surface area contributed by atoms with Gasteiger partial charge in [0.1, 0.15) is 11.9 Å². The third kappa shape index (κ3) is 3.56. The summed E-state index contributed by atoms with van der Waals surface area (Å²) in [6.07, 6.45) is 6.94. The van der Waals surface area contributed by atoms with E-state index in [1.807, 2.05) is 0 Å². The minimum atomic E-state index is -0.534. The van der Waals surface area contributed by atoms with Gasteiger partial charge in [0.2, 0.25) is 0 Å². The van der Waals surface area contributed by atoms with Crippen LogP contribution in [0.25, 0.3) is 0 Å². The van der Waals surface area contributed by atoms with Gasteiger partial charge in [-0.25, -0.2) is 0 Å². The molecule has 4 saturated carbocycles. The van der Waals surface area contributed by atoms with Gasteiger partial charge in [0.25, 0.3) is 0 Å².